The Bertz CT molecular complexity index is 1340. The zero-order chi connectivity index (χ0) is 30.8. The average Bonchev–Trinajstić information content (AvgIpc) is 2.98. The summed E-state index contributed by atoms with van der Waals surface area (Å²) in [6, 6.07) is 5.71. The Morgan fingerprint density at radius 2 is 1.09 bits per heavy atom. The zero-order valence-corrected chi connectivity index (χ0v) is 32.3. The zero-order valence-electron chi connectivity index (χ0n) is 22.8. The van der Waals surface area contributed by atoms with Gasteiger partial charge in [0.15, 0.2) is 0 Å². The number of aromatic nitrogens is 3. The Kier molecular flexibility index (Phi) is 14.6. The Balaban J connectivity index is 0.000000157. The maximum absolute atomic E-state index is 10.4. The van der Waals surface area contributed by atoms with Gasteiger partial charge in [0.2, 0.25) is 11.8 Å². The van der Waals surface area contributed by atoms with E-state index in [4.69, 9.17) is 23.7 Å². The number of aliphatic hydroxyl groups is 1. The first-order valence-electron chi connectivity index (χ1n) is 13.4. The molecule has 6 rings (SSSR count). The van der Waals surface area contributed by atoms with Gasteiger partial charge in [0.05, 0.1) is 54.2 Å². The molecule has 3 aliphatic heterocycles. The molecule has 0 amide bonds. The van der Waals surface area contributed by atoms with Crippen LogP contribution in [0.2, 0.25) is 0 Å². The van der Waals surface area contributed by atoms with Crippen molar-refractivity contribution in [2.45, 2.75) is 43.5 Å². The van der Waals surface area contributed by atoms with E-state index in [0.29, 0.717) is 30.5 Å². The molecule has 6 heterocycles. The maximum Gasteiger partial charge on any atom is 0.228 e. The average molecular weight is 983 g/mol. The van der Waals surface area contributed by atoms with E-state index in [-0.39, 0.29) is 25.4 Å². The molecule has 0 radical (unpaired) electrons. The van der Waals surface area contributed by atoms with Crippen molar-refractivity contribution in [1.82, 2.24) is 15.0 Å². The molecule has 3 saturated heterocycles. The van der Waals surface area contributed by atoms with Crippen LogP contribution in [-0.2, 0) is 19.8 Å². The summed E-state index contributed by atoms with van der Waals surface area (Å²) in [5, 5.41) is 10.4. The minimum Gasteiger partial charge on any atom is -0.474 e. The van der Waals surface area contributed by atoms with Crippen LogP contribution >= 0.6 is 95.6 Å². The van der Waals surface area contributed by atoms with Gasteiger partial charge < -0.3 is 28.8 Å². The molecule has 3 aromatic rings. The van der Waals surface area contributed by atoms with E-state index in [2.05, 4.69) is 111 Å². The lowest BCUT2D eigenvalue weighted by Gasteiger charge is -2.37. The lowest BCUT2D eigenvalue weighted by atomic mass is 9.93. The third kappa shape index (κ3) is 11.2. The molecule has 15 heteroatoms. The van der Waals surface area contributed by atoms with Gasteiger partial charge in [-0.15, -0.1) is 0 Å². The molecule has 3 fully saturated rings. The smallest absolute Gasteiger partial charge is 0.228 e. The highest BCUT2D eigenvalue weighted by molar-refractivity contribution is 9.13. The first-order valence-corrected chi connectivity index (χ1v) is 18.1. The van der Waals surface area contributed by atoms with Gasteiger partial charge in [-0.05, 0) is 114 Å². The molecule has 0 atom stereocenters. The molecular formula is C28H29Br6N3O6. The molecule has 0 saturated carbocycles. The fraction of sp³-hybridized carbons (Fsp3) is 0.464. The summed E-state index contributed by atoms with van der Waals surface area (Å²) in [4.78, 5) is 12.5. The van der Waals surface area contributed by atoms with Gasteiger partial charge in [-0.3, -0.25) is 0 Å². The summed E-state index contributed by atoms with van der Waals surface area (Å²) in [7, 11) is 0. The van der Waals surface area contributed by atoms with Crippen LogP contribution in [0.15, 0.2) is 63.8 Å². The van der Waals surface area contributed by atoms with Gasteiger partial charge in [-0.1, -0.05) is 0 Å². The van der Waals surface area contributed by atoms with E-state index in [9.17, 15) is 5.11 Å². The fourth-order valence-electron chi connectivity index (χ4n) is 4.09. The topological polar surface area (TPSA) is 105 Å². The number of halogens is 6. The highest BCUT2D eigenvalue weighted by Gasteiger charge is 2.41. The molecule has 1 N–H and O–H groups in total. The first-order chi connectivity index (χ1) is 20.6. The SMILES string of the molecule is Brc1cnc(Br)c(Br)c1.Brc1cnc(OC2CCOCC2)c(Br)c1.OC1(c2cc(Br)cnc2OC2CCOCC2)COC1. The van der Waals surface area contributed by atoms with Crippen LogP contribution in [-0.4, -0.2) is 71.9 Å². The van der Waals surface area contributed by atoms with Crippen molar-refractivity contribution in [3.05, 3.63) is 69.3 Å². The summed E-state index contributed by atoms with van der Waals surface area (Å²) in [6.07, 6.45) is 9.05. The standard InChI is InChI=1S/C13H16BrNO4.C10H11Br2NO2.C5H2Br3N/c14-9-5-11(13(16)7-18-8-13)12(15-6-9)19-10-1-3-17-4-2-10;11-7-5-9(12)10(13-6-7)15-8-1-3-14-4-2-8;6-3-1-4(7)5(8)9-2-3/h5-6,10,16H,1-4,7-8H2;5-6,8H,1-4H2;1-2H. The van der Waals surface area contributed by atoms with Crippen molar-refractivity contribution in [1.29, 1.82) is 0 Å². The predicted octanol–water partition coefficient (Wildman–Crippen LogP) is 8.15. The van der Waals surface area contributed by atoms with E-state index in [1.165, 1.54) is 0 Å². The van der Waals surface area contributed by atoms with Crippen molar-refractivity contribution in [3.8, 4) is 11.8 Å². The summed E-state index contributed by atoms with van der Waals surface area (Å²) in [5.41, 5.74) is -0.281. The summed E-state index contributed by atoms with van der Waals surface area (Å²) < 4.78 is 32.8. The third-order valence-electron chi connectivity index (χ3n) is 6.43. The minimum absolute atomic E-state index is 0.103. The van der Waals surface area contributed by atoms with Gasteiger partial charge in [0.1, 0.15) is 22.4 Å². The molecule has 0 unspecified atom stereocenters. The summed E-state index contributed by atoms with van der Waals surface area (Å²) in [6.45, 7) is 3.55. The van der Waals surface area contributed by atoms with Gasteiger partial charge in [-0.25, -0.2) is 15.0 Å². The fourth-order valence-corrected chi connectivity index (χ4v) is 6.71. The van der Waals surface area contributed by atoms with E-state index >= 15 is 0 Å². The number of hydrogen-bond acceptors (Lipinski definition) is 9. The van der Waals surface area contributed by atoms with Crippen LogP contribution in [0.5, 0.6) is 11.8 Å². The summed E-state index contributed by atoms with van der Waals surface area (Å²) >= 11 is 20.0. The van der Waals surface area contributed by atoms with Gasteiger partial charge in [0.25, 0.3) is 0 Å². The number of ether oxygens (including phenoxy) is 5. The largest absolute Gasteiger partial charge is 0.474 e. The molecule has 0 spiro atoms. The molecule has 3 aliphatic rings. The first kappa shape index (κ1) is 35.6. The van der Waals surface area contributed by atoms with E-state index in [1.54, 1.807) is 18.6 Å². The van der Waals surface area contributed by atoms with Crippen LogP contribution in [0.4, 0.5) is 0 Å². The highest BCUT2D eigenvalue weighted by Crippen LogP contribution is 2.37. The van der Waals surface area contributed by atoms with Crippen LogP contribution in [0.25, 0.3) is 0 Å². The monoisotopic (exact) mass is 977 g/mol. The highest BCUT2D eigenvalue weighted by atomic mass is 79.9. The van der Waals surface area contributed by atoms with Gasteiger partial charge in [0, 0.05) is 57.7 Å². The number of rotatable bonds is 5. The molecule has 234 valence electrons. The van der Waals surface area contributed by atoms with E-state index in [0.717, 1.165) is 65.9 Å². The second kappa shape index (κ2) is 17.6. The van der Waals surface area contributed by atoms with Gasteiger partial charge >= 0.3 is 0 Å². The Hall–Kier alpha value is -0.230. The Morgan fingerprint density at radius 3 is 1.56 bits per heavy atom. The Morgan fingerprint density at radius 1 is 0.628 bits per heavy atom. The lowest BCUT2D eigenvalue weighted by molar-refractivity contribution is -0.186. The molecule has 3 aromatic heterocycles. The normalized spacial score (nSPS) is 18.3. The van der Waals surface area contributed by atoms with Crippen molar-refractivity contribution in [2.75, 3.05) is 39.6 Å². The van der Waals surface area contributed by atoms with E-state index < -0.39 is 5.60 Å². The number of pyridine rings is 3. The van der Waals surface area contributed by atoms with Crippen molar-refractivity contribution < 1.29 is 28.8 Å². The van der Waals surface area contributed by atoms with Crippen LogP contribution in [0.1, 0.15) is 31.2 Å². The third-order valence-corrected chi connectivity index (χ3v) is 10.1. The Labute approximate surface area is 301 Å². The number of hydrogen-bond donors (Lipinski definition) is 1. The van der Waals surface area contributed by atoms with Crippen molar-refractivity contribution in [2.24, 2.45) is 0 Å². The van der Waals surface area contributed by atoms with E-state index in [1.807, 2.05) is 18.2 Å². The minimum atomic E-state index is -0.975. The lowest BCUT2D eigenvalue weighted by Crippen LogP contribution is -2.47. The van der Waals surface area contributed by atoms with Crippen LogP contribution in [0, 0.1) is 0 Å². The summed E-state index contributed by atoms with van der Waals surface area (Å²) in [5.74, 6) is 1.16. The maximum atomic E-state index is 10.4. The van der Waals surface area contributed by atoms with Crippen LogP contribution < -0.4 is 9.47 Å². The quantitative estimate of drug-likeness (QED) is 0.254. The molecule has 0 bridgehead atoms. The molecule has 9 nitrogen and oxygen atoms in total. The second-order valence-corrected chi connectivity index (χ2v) is 15.0. The predicted molar refractivity (Wildman–Crippen MR) is 183 cm³/mol. The van der Waals surface area contributed by atoms with Crippen molar-refractivity contribution in [3.63, 3.8) is 0 Å². The second-order valence-electron chi connectivity index (χ2n) is 9.76. The van der Waals surface area contributed by atoms with Gasteiger partial charge in [-0.2, -0.15) is 0 Å². The molecular weight excluding hydrogens is 954 g/mol. The molecule has 0 aliphatic carbocycles. The molecule has 0 aromatic carbocycles. The molecule has 43 heavy (non-hydrogen) atoms. The van der Waals surface area contributed by atoms with Crippen molar-refractivity contribution >= 4 is 95.6 Å². The number of nitrogens with zero attached hydrogens (tertiary/aromatic N) is 3. The van der Waals surface area contributed by atoms with Crippen LogP contribution in [0.3, 0.4) is 0 Å².